The number of ether oxygens (including phenoxy) is 1. The van der Waals surface area contributed by atoms with E-state index in [1.165, 1.54) is 6.26 Å². The number of rotatable bonds is 6. The normalized spacial score (nSPS) is 22.8. The van der Waals surface area contributed by atoms with Crippen molar-refractivity contribution in [1.29, 1.82) is 0 Å². The van der Waals surface area contributed by atoms with Gasteiger partial charge in [0.15, 0.2) is 5.54 Å². The van der Waals surface area contributed by atoms with Gasteiger partial charge in [-0.05, 0) is 40.2 Å². The van der Waals surface area contributed by atoms with E-state index in [0.29, 0.717) is 19.5 Å². The average Bonchev–Trinajstić information content (AvgIpc) is 2.69. The molecule has 23 heavy (non-hydrogen) atoms. The number of carboxylic acids is 1. The Morgan fingerprint density at radius 1 is 1.35 bits per heavy atom. The molecule has 1 amide bonds. The fourth-order valence-electron chi connectivity index (χ4n) is 2.46. The molecule has 1 rings (SSSR count). The molecule has 0 radical (unpaired) electrons. The number of nitrogens with one attached hydrogen (secondary N) is 1. The van der Waals surface area contributed by atoms with Crippen molar-refractivity contribution in [3.05, 3.63) is 0 Å². The van der Waals surface area contributed by atoms with Gasteiger partial charge in [-0.15, -0.1) is 0 Å². The maximum atomic E-state index is 11.9. The number of sulfone groups is 1. The van der Waals surface area contributed by atoms with Crippen LogP contribution >= 0.6 is 0 Å². The minimum Gasteiger partial charge on any atom is -0.479 e. The fourth-order valence-corrected chi connectivity index (χ4v) is 3.11. The predicted molar refractivity (Wildman–Crippen MR) is 85.1 cm³/mol. The first kappa shape index (κ1) is 19.7. The first-order valence-corrected chi connectivity index (χ1v) is 9.54. The molecule has 0 aromatic carbocycles. The van der Waals surface area contributed by atoms with Gasteiger partial charge in [0, 0.05) is 19.3 Å². The Bertz CT molecular complexity index is 554. The minimum atomic E-state index is -3.03. The summed E-state index contributed by atoms with van der Waals surface area (Å²) in [5.74, 6) is -1.06. The zero-order valence-electron chi connectivity index (χ0n) is 14.1. The highest BCUT2D eigenvalue weighted by Crippen LogP contribution is 2.23. The topological polar surface area (TPSA) is 113 Å². The van der Waals surface area contributed by atoms with E-state index in [0.717, 1.165) is 0 Å². The highest BCUT2D eigenvalue weighted by molar-refractivity contribution is 7.90. The molecule has 0 saturated carbocycles. The maximum Gasteiger partial charge on any atom is 0.408 e. The Labute approximate surface area is 137 Å². The van der Waals surface area contributed by atoms with Gasteiger partial charge in [0.2, 0.25) is 0 Å². The number of amides is 1. The number of nitrogens with zero attached hydrogens (tertiary/aromatic N) is 1. The number of carbonyl (C=O) groups is 2. The quantitative estimate of drug-likeness (QED) is 0.716. The second kappa shape index (κ2) is 7.04. The molecule has 0 aliphatic carbocycles. The second-order valence-electron chi connectivity index (χ2n) is 7.02. The number of hydrogen-bond acceptors (Lipinski definition) is 6. The summed E-state index contributed by atoms with van der Waals surface area (Å²) >= 11 is 0. The van der Waals surface area contributed by atoms with Gasteiger partial charge in [-0.1, -0.05) is 0 Å². The molecular formula is C14H26N2O6S. The molecule has 1 aliphatic heterocycles. The molecule has 1 aliphatic rings. The lowest BCUT2D eigenvalue weighted by molar-refractivity contribution is -0.144. The van der Waals surface area contributed by atoms with Crippen LogP contribution in [0.3, 0.4) is 0 Å². The second-order valence-corrected chi connectivity index (χ2v) is 9.28. The molecule has 1 heterocycles. The van der Waals surface area contributed by atoms with Crippen molar-refractivity contribution in [2.24, 2.45) is 0 Å². The minimum absolute atomic E-state index is 0.0586. The molecule has 1 saturated heterocycles. The Morgan fingerprint density at radius 3 is 2.43 bits per heavy atom. The summed E-state index contributed by atoms with van der Waals surface area (Å²) in [4.78, 5) is 25.3. The standard InChI is InChI=1S/C14H26N2O6S/c1-13(2,3)22-12(19)15-14(11(17)18)6-8-16(10-14)7-5-9-23(4,20)21/h5-10H2,1-4H3,(H,15,19)(H,17,18). The van der Waals surface area contributed by atoms with Crippen LogP contribution < -0.4 is 5.32 Å². The number of likely N-dealkylation sites (tertiary alicyclic amines) is 1. The van der Waals surface area contributed by atoms with Gasteiger partial charge < -0.3 is 20.1 Å². The SMILES string of the molecule is CC(C)(C)OC(=O)NC1(C(=O)O)CCN(CCCS(C)(=O)=O)C1. The first-order valence-electron chi connectivity index (χ1n) is 7.48. The first-order chi connectivity index (χ1) is 10.3. The van der Waals surface area contributed by atoms with Crippen LogP contribution in [0.25, 0.3) is 0 Å². The Hall–Kier alpha value is -1.35. The van der Waals surface area contributed by atoms with Crippen LogP contribution in [0.2, 0.25) is 0 Å². The number of hydrogen-bond donors (Lipinski definition) is 2. The van der Waals surface area contributed by atoms with Crippen molar-refractivity contribution in [3.8, 4) is 0 Å². The van der Waals surface area contributed by atoms with Crippen molar-refractivity contribution in [2.45, 2.75) is 44.8 Å². The predicted octanol–water partition coefficient (Wildman–Crippen LogP) is 0.475. The molecule has 0 aromatic rings. The van der Waals surface area contributed by atoms with Gasteiger partial charge in [0.1, 0.15) is 15.4 Å². The van der Waals surface area contributed by atoms with E-state index in [4.69, 9.17) is 4.74 Å². The van der Waals surface area contributed by atoms with E-state index in [2.05, 4.69) is 5.32 Å². The van der Waals surface area contributed by atoms with E-state index in [-0.39, 0.29) is 18.7 Å². The van der Waals surface area contributed by atoms with Crippen LogP contribution in [-0.4, -0.2) is 73.3 Å². The van der Waals surface area contributed by atoms with Crippen LogP contribution in [0.4, 0.5) is 4.79 Å². The van der Waals surface area contributed by atoms with Gasteiger partial charge in [-0.3, -0.25) is 0 Å². The van der Waals surface area contributed by atoms with Crippen molar-refractivity contribution < 1.29 is 27.9 Å². The van der Waals surface area contributed by atoms with E-state index >= 15 is 0 Å². The number of alkyl carbamates (subject to hydrolysis) is 1. The molecule has 1 unspecified atom stereocenters. The van der Waals surface area contributed by atoms with Crippen molar-refractivity contribution in [3.63, 3.8) is 0 Å². The Balaban J connectivity index is 2.63. The van der Waals surface area contributed by atoms with Gasteiger partial charge >= 0.3 is 12.1 Å². The van der Waals surface area contributed by atoms with Crippen molar-refractivity contribution >= 4 is 21.9 Å². The van der Waals surface area contributed by atoms with Gasteiger partial charge in [0.25, 0.3) is 0 Å². The van der Waals surface area contributed by atoms with Crippen LogP contribution in [-0.2, 0) is 19.4 Å². The molecule has 1 fully saturated rings. The van der Waals surface area contributed by atoms with Crippen LogP contribution in [0.5, 0.6) is 0 Å². The third-order valence-electron chi connectivity index (χ3n) is 3.49. The maximum absolute atomic E-state index is 11.9. The lowest BCUT2D eigenvalue weighted by Crippen LogP contribution is -2.57. The van der Waals surface area contributed by atoms with E-state index in [9.17, 15) is 23.1 Å². The molecule has 0 aromatic heterocycles. The summed E-state index contributed by atoms with van der Waals surface area (Å²) in [6.45, 7) is 6.18. The largest absolute Gasteiger partial charge is 0.479 e. The molecule has 1 atom stereocenters. The van der Waals surface area contributed by atoms with Crippen LogP contribution in [0, 0.1) is 0 Å². The number of aliphatic carboxylic acids is 1. The summed E-state index contributed by atoms with van der Waals surface area (Å²) in [6, 6.07) is 0. The third kappa shape index (κ3) is 6.74. The zero-order valence-corrected chi connectivity index (χ0v) is 14.9. The smallest absolute Gasteiger partial charge is 0.408 e. The number of carboxylic acid groups (broad SMARTS) is 1. The van der Waals surface area contributed by atoms with Crippen molar-refractivity contribution in [2.75, 3.05) is 31.6 Å². The molecule has 9 heteroatoms. The Kier molecular flexibility index (Phi) is 6.03. The molecule has 2 N–H and O–H groups in total. The van der Waals surface area contributed by atoms with Gasteiger partial charge in [-0.2, -0.15) is 0 Å². The van der Waals surface area contributed by atoms with Crippen LogP contribution in [0.1, 0.15) is 33.6 Å². The van der Waals surface area contributed by atoms with Gasteiger partial charge in [0.05, 0.1) is 5.75 Å². The molecule has 0 bridgehead atoms. The van der Waals surface area contributed by atoms with E-state index < -0.39 is 33.0 Å². The lowest BCUT2D eigenvalue weighted by Gasteiger charge is -2.28. The summed E-state index contributed by atoms with van der Waals surface area (Å²) in [5, 5.41) is 12.0. The van der Waals surface area contributed by atoms with Gasteiger partial charge in [-0.25, -0.2) is 18.0 Å². The van der Waals surface area contributed by atoms with E-state index in [1.807, 2.05) is 4.90 Å². The summed E-state index contributed by atoms with van der Waals surface area (Å²) in [6.07, 6.45) is 1.09. The summed E-state index contributed by atoms with van der Waals surface area (Å²) < 4.78 is 27.4. The lowest BCUT2D eigenvalue weighted by atomic mass is 9.99. The highest BCUT2D eigenvalue weighted by Gasteiger charge is 2.46. The Morgan fingerprint density at radius 2 is 1.96 bits per heavy atom. The van der Waals surface area contributed by atoms with Crippen LogP contribution in [0.15, 0.2) is 0 Å². The summed E-state index contributed by atoms with van der Waals surface area (Å²) in [5.41, 5.74) is -2.11. The zero-order chi connectivity index (χ0) is 17.9. The van der Waals surface area contributed by atoms with Crippen molar-refractivity contribution in [1.82, 2.24) is 10.2 Å². The highest BCUT2D eigenvalue weighted by atomic mass is 32.2. The fraction of sp³-hybridized carbons (Fsp3) is 0.857. The molecule has 134 valence electrons. The third-order valence-corrected chi connectivity index (χ3v) is 4.52. The monoisotopic (exact) mass is 350 g/mol. The number of carbonyl (C=O) groups excluding carboxylic acids is 1. The molecular weight excluding hydrogens is 324 g/mol. The molecule has 0 spiro atoms. The summed E-state index contributed by atoms with van der Waals surface area (Å²) in [7, 11) is -3.03. The molecule has 8 nitrogen and oxygen atoms in total. The average molecular weight is 350 g/mol. The van der Waals surface area contributed by atoms with E-state index in [1.54, 1.807) is 20.8 Å².